The van der Waals surface area contributed by atoms with Gasteiger partial charge in [-0.1, -0.05) is 43.2 Å². The maximum absolute atomic E-state index is 5.11. The van der Waals surface area contributed by atoms with E-state index in [0.29, 0.717) is 6.04 Å². The van der Waals surface area contributed by atoms with Gasteiger partial charge >= 0.3 is 0 Å². The van der Waals surface area contributed by atoms with Crippen LogP contribution in [-0.4, -0.2) is 47.1 Å². The minimum absolute atomic E-state index is 0.437. The van der Waals surface area contributed by atoms with Crippen molar-refractivity contribution >= 4 is 11.8 Å². The van der Waals surface area contributed by atoms with Crippen molar-refractivity contribution < 1.29 is 0 Å². The van der Waals surface area contributed by atoms with E-state index in [9.17, 15) is 0 Å². The molecular formula is C25H35N5. The third kappa shape index (κ3) is 4.61. The second kappa shape index (κ2) is 9.34. The summed E-state index contributed by atoms with van der Waals surface area (Å²) in [5.41, 5.74) is 4.13. The highest BCUT2D eigenvalue weighted by atomic mass is 15.3. The summed E-state index contributed by atoms with van der Waals surface area (Å²) in [5, 5.41) is 3.71. The average molecular weight is 406 g/mol. The van der Waals surface area contributed by atoms with E-state index in [-0.39, 0.29) is 0 Å². The zero-order chi connectivity index (χ0) is 20.2. The highest BCUT2D eigenvalue weighted by Gasteiger charge is 2.26. The zero-order valence-electron chi connectivity index (χ0n) is 18.2. The number of nitrogens with one attached hydrogen (secondary N) is 1. The highest BCUT2D eigenvalue weighted by molar-refractivity contribution is 5.54. The second-order valence-corrected chi connectivity index (χ2v) is 9.26. The normalized spacial score (nSPS) is 22.5. The molecule has 160 valence electrons. The van der Waals surface area contributed by atoms with Crippen LogP contribution in [0.1, 0.15) is 61.8 Å². The number of aryl methyl sites for hydroxylation is 1. The predicted molar refractivity (Wildman–Crippen MR) is 123 cm³/mol. The summed E-state index contributed by atoms with van der Waals surface area (Å²) < 4.78 is 0. The summed E-state index contributed by atoms with van der Waals surface area (Å²) in [6.45, 7) is 5.53. The van der Waals surface area contributed by atoms with Crippen molar-refractivity contribution in [3.05, 3.63) is 47.2 Å². The fourth-order valence-corrected chi connectivity index (χ4v) is 5.30. The number of nitrogens with zero attached hydrogens (tertiary/aromatic N) is 4. The first-order chi connectivity index (χ1) is 14.8. The molecular weight excluding hydrogens is 370 g/mol. The molecule has 0 amide bonds. The van der Waals surface area contributed by atoms with Crippen LogP contribution in [0.2, 0.25) is 0 Å². The Morgan fingerprint density at radius 1 is 0.867 bits per heavy atom. The SMILES string of the molecule is c1ccc(CN2CC[C@@H](Nc3nc4c(c(N5CCCCCC5)n3)CCCC4)C2)cc1. The van der Waals surface area contributed by atoms with Crippen molar-refractivity contribution in [3.63, 3.8) is 0 Å². The Kier molecular flexibility index (Phi) is 6.16. The van der Waals surface area contributed by atoms with Gasteiger partial charge in [0.1, 0.15) is 5.82 Å². The Hall–Kier alpha value is -2.14. The highest BCUT2D eigenvalue weighted by Crippen LogP contribution is 2.31. The number of fused-ring (bicyclic) bond motifs is 1. The first kappa shape index (κ1) is 19.8. The van der Waals surface area contributed by atoms with E-state index >= 15 is 0 Å². The molecule has 2 saturated heterocycles. The van der Waals surface area contributed by atoms with Gasteiger partial charge in [0.15, 0.2) is 0 Å². The topological polar surface area (TPSA) is 44.3 Å². The molecule has 30 heavy (non-hydrogen) atoms. The average Bonchev–Trinajstić information content (AvgIpc) is 3.04. The summed E-state index contributed by atoms with van der Waals surface area (Å²) in [6, 6.07) is 11.2. The fourth-order valence-electron chi connectivity index (χ4n) is 5.30. The van der Waals surface area contributed by atoms with E-state index in [4.69, 9.17) is 9.97 Å². The molecule has 3 aliphatic rings. The first-order valence-corrected chi connectivity index (χ1v) is 12.0. The molecule has 5 rings (SSSR count). The summed E-state index contributed by atoms with van der Waals surface area (Å²) in [6.07, 6.45) is 11.2. The van der Waals surface area contributed by atoms with Gasteiger partial charge in [0, 0.05) is 44.3 Å². The van der Waals surface area contributed by atoms with Crippen molar-refractivity contribution in [2.75, 3.05) is 36.4 Å². The van der Waals surface area contributed by atoms with E-state index in [0.717, 1.165) is 57.9 Å². The Balaban J connectivity index is 1.30. The lowest BCUT2D eigenvalue weighted by atomic mass is 9.96. The molecule has 3 heterocycles. The smallest absolute Gasteiger partial charge is 0.225 e. The van der Waals surface area contributed by atoms with Gasteiger partial charge in [0.05, 0.1) is 5.69 Å². The van der Waals surface area contributed by atoms with Crippen LogP contribution in [0.15, 0.2) is 30.3 Å². The van der Waals surface area contributed by atoms with Crippen molar-refractivity contribution in [2.24, 2.45) is 0 Å². The van der Waals surface area contributed by atoms with Crippen LogP contribution >= 0.6 is 0 Å². The van der Waals surface area contributed by atoms with Gasteiger partial charge in [-0.15, -0.1) is 0 Å². The van der Waals surface area contributed by atoms with Gasteiger partial charge in [0.25, 0.3) is 0 Å². The van der Waals surface area contributed by atoms with Gasteiger partial charge in [-0.25, -0.2) is 4.98 Å². The molecule has 5 nitrogen and oxygen atoms in total. The molecule has 2 fully saturated rings. The van der Waals surface area contributed by atoms with Crippen LogP contribution in [-0.2, 0) is 19.4 Å². The molecule has 2 aliphatic heterocycles. The van der Waals surface area contributed by atoms with Crippen molar-refractivity contribution in [1.82, 2.24) is 14.9 Å². The molecule has 0 bridgehead atoms. The van der Waals surface area contributed by atoms with Crippen molar-refractivity contribution in [3.8, 4) is 0 Å². The molecule has 5 heteroatoms. The van der Waals surface area contributed by atoms with Crippen molar-refractivity contribution in [1.29, 1.82) is 0 Å². The number of anilines is 2. The lowest BCUT2D eigenvalue weighted by molar-refractivity contribution is 0.328. The van der Waals surface area contributed by atoms with E-state index < -0.39 is 0 Å². The molecule has 0 radical (unpaired) electrons. The van der Waals surface area contributed by atoms with Gasteiger partial charge in [-0.3, -0.25) is 4.90 Å². The van der Waals surface area contributed by atoms with Crippen molar-refractivity contribution in [2.45, 2.75) is 70.4 Å². The lowest BCUT2D eigenvalue weighted by Gasteiger charge is -2.28. The van der Waals surface area contributed by atoms with E-state index in [1.807, 2.05) is 0 Å². The first-order valence-electron chi connectivity index (χ1n) is 12.0. The molecule has 1 aromatic heterocycles. The molecule has 1 N–H and O–H groups in total. The van der Waals surface area contributed by atoms with Crippen LogP contribution < -0.4 is 10.2 Å². The largest absolute Gasteiger partial charge is 0.356 e. The molecule has 2 aromatic rings. The quantitative estimate of drug-likeness (QED) is 0.798. The van der Waals surface area contributed by atoms with Crippen LogP contribution in [0, 0.1) is 0 Å². The molecule has 0 saturated carbocycles. The predicted octanol–water partition coefficient (Wildman–Crippen LogP) is 4.42. The lowest BCUT2D eigenvalue weighted by Crippen LogP contribution is -2.30. The number of hydrogen-bond donors (Lipinski definition) is 1. The Morgan fingerprint density at radius 2 is 1.67 bits per heavy atom. The summed E-state index contributed by atoms with van der Waals surface area (Å²) in [7, 11) is 0. The second-order valence-electron chi connectivity index (χ2n) is 9.26. The van der Waals surface area contributed by atoms with Crippen LogP contribution in [0.25, 0.3) is 0 Å². The number of benzene rings is 1. The Morgan fingerprint density at radius 3 is 2.50 bits per heavy atom. The zero-order valence-corrected chi connectivity index (χ0v) is 18.2. The molecule has 1 aromatic carbocycles. The molecule has 1 atom stereocenters. The fraction of sp³-hybridized carbons (Fsp3) is 0.600. The number of aromatic nitrogens is 2. The third-order valence-electron chi connectivity index (χ3n) is 6.92. The number of hydrogen-bond acceptors (Lipinski definition) is 5. The minimum atomic E-state index is 0.437. The van der Waals surface area contributed by atoms with E-state index in [1.54, 1.807) is 0 Å². The van der Waals surface area contributed by atoms with Gasteiger partial charge in [-0.05, 0) is 50.5 Å². The maximum Gasteiger partial charge on any atom is 0.225 e. The minimum Gasteiger partial charge on any atom is -0.356 e. The van der Waals surface area contributed by atoms with Gasteiger partial charge in [0.2, 0.25) is 5.95 Å². The Bertz CT molecular complexity index is 829. The number of likely N-dealkylation sites (tertiary alicyclic amines) is 1. The molecule has 0 spiro atoms. The summed E-state index contributed by atoms with van der Waals surface area (Å²) in [4.78, 5) is 15.2. The maximum atomic E-state index is 5.11. The third-order valence-corrected chi connectivity index (χ3v) is 6.92. The van der Waals surface area contributed by atoms with E-state index in [1.165, 1.54) is 61.2 Å². The summed E-state index contributed by atoms with van der Waals surface area (Å²) >= 11 is 0. The molecule has 1 aliphatic carbocycles. The summed E-state index contributed by atoms with van der Waals surface area (Å²) in [5.74, 6) is 2.10. The standard InChI is InChI=1S/C25H35N5/c1-2-9-16-30(15-8-1)24-22-12-6-7-13-23(22)27-25(28-24)26-21-14-17-29(19-21)18-20-10-4-3-5-11-20/h3-5,10-11,21H,1-2,6-9,12-19H2,(H,26,27,28)/t21-/m1/s1. The monoisotopic (exact) mass is 405 g/mol. The van der Waals surface area contributed by atoms with Crippen LogP contribution in [0.4, 0.5) is 11.8 Å². The Labute approximate surface area is 180 Å². The molecule has 0 unspecified atom stereocenters. The number of rotatable bonds is 5. The van der Waals surface area contributed by atoms with Crippen LogP contribution in [0.5, 0.6) is 0 Å². The van der Waals surface area contributed by atoms with Crippen LogP contribution in [0.3, 0.4) is 0 Å². The van der Waals surface area contributed by atoms with Gasteiger partial charge in [-0.2, -0.15) is 4.98 Å². The van der Waals surface area contributed by atoms with Gasteiger partial charge < -0.3 is 10.2 Å². The van der Waals surface area contributed by atoms with E-state index in [2.05, 4.69) is 45.4 Å².